The molecule has 1 fully saturated rings. The Morgan fingerprint density at radius 1 is 1.07 bits per heavy atom. The highest BCUT2D eigenvalue weighted by atomic mass is 16.6. The second kappa shape index (κ2) is 15.2. The maximum Gasteiger partial charge on any atom is 0.332 e. The summed E-state index contributed by atoms with van der Waals surface area (Å²) in [4.78, 5) is 63.3. The number of ether oxygens (including phenoxy) is 3. The first-order valence-electron chi connectivity index (χ1n) is 13.9. The lowest BCUT2D eigenvalue weighted by molar-refractivity contribution is -0.177. The highest BCUT2D eigenvalue weighted by Crippen LogP contribution is 2.29. The summed E-state index contributed by atoms with van der Waals surface area (Å²) in [5.41, 5.74) is -0.214. The van der Waals surface area contributed by atoms with Crippen LogP contribution in [0.3, 0.4) is 0 Å². The number of cyclic esters (lactones) is 2. The molecule has 11 heteroatoms. The van der Waals surface area contributed by atoms with Crippen molar-refractivity contribution in [3.8, 4) is 5.75 Å². The Bertz CT molecular complexity index is 1060. The van der Waals surface area contributed by atoms with Crippen molar-refractivity contribution in [1.82, 2.24) is 5.32 Å². The molecular weight excluding hydrogens is 520 g/mol. The number of hydrogen-bond acceptors (Lipinski definition) is 9. The van der Waals surface area contributed by atoms with E-state index in [0.29, 0.717) is 31.6 Å². The van der Waals surface area contributed by atoms with Crippen LogP contribution in [-0.2, 0) is 33.4 Å². The molecule has 1 aliphatic rings. The molecule has 2 unspecified atom stereocenters. The van der Waals surface area contributed by atoms with Gasteiger partial charge in [0.05, 0.1) is 23.1 Å². The molecule has 222 valence electrons. The van der Waals surface area contributed by atoms with Crippen LogP contribution in [0.4, 0.5) is 5.69 Å². The third-order valence-corrected chi connectivity index (χ3v) is 7.45. The molecule has 0 aromatic heterocycles. The Hall–Kier alpha value is -3.63. The predicted molar refractivity (Wildman–Crippen MR) is 146 cm³/mol. The van der Waals surface area contributed by atoms with Gasteiger partial charge >= 0.3 is 17.9 Å². The number of nitrogens with one attached hydrogen (secondary N) is 2. The van der Waals surface area contributed by atoms with Gasteiger partial charge in [0.15, 0.2) is 17.9 Å². The van der Waals surface area contributed by atoms with Crippen LogP contribution in [0.2, 0.25) is 0 Å². The number of phenolic OH excluding ortho intramolecular Hbond substituents is 1. The number of para-hydroxylation sites is 1. The van der Waals surface area contributed by atoms with Gasteiger partial charge in [0.25, 0.3) is 5.91 Å². The number of rotatable bonds is 12. The lowest BCUT2D eigenvalue weighted by Gasteiger charge is -2.30. The van der Waals surface area contributed by atoms with Gasteiger partial charge in [-0.15, -0.1) is 0 Å². The summed E-state index contributed by atoms with van der Waals surface area (Å²) < 4.78 is 17.1. The molecule has 7 atom stereocenters. The van der Waals surface area contributed by atoms with Gasteiger partial charge in [-0.3, -0.25) is 19.2 Å². The third-order valence-electron chi connectivity index (χ3n) is 7.45. The van der Waals surface area contributed by atoms with E-state index >= 15 is 0 Å². The van der Waals surface area contributed by atoms with E-state index in [0.717, 1.165) is 12.8 Å². The van der Waals surface area contributed by atoms with E-state index in [1.807, 2.05) is 6.92 Å². The molecule has 2 rings (SSSR count). The minimum atomic E-state index is -1.43. The first-order chi connectivity index (χ1) is 18.9. The highest BCUT2D eigenvalue weighted by molar-refractivity contribution is 6.01. The lowest BCUT2D eigenvalue weighted by Crippen LogP contribution is -2.50. The van der Waals surface area contributed by atoms with Crippen LogP contribution in [0.15, 0.2) is 18.2 Å². The number of carbonyl (C=O) groups excluding carboxylic acids is 5. The number of amides is 2. The SMILES string of the molecule is CCC(C)CCC[C@H]1C(=O)O[C@H](C)[C@H](NC(=O)c2cccc(NC=O)c2O)C(=O)O[C@@H](C)[C@@H]1OC(=O)C(C)CC. The normalized spacial score (nSPS) is 24.7. The molecule has 0 saturated carbocycles. The first-order valence-corrected chi connectivity index (χ1v) is 13.9. The summed E-state index contributed by atoms with van der Waals surface area (Å²) in [6.45, 7) is 10.7. The Balaban J connectivity index is 2.36. The van der Waals surface area contributed by atoms with Crippen LogP contribution in [0, 0.1) is 17.8 Å². The zero-order valence-corrected chi connectivity index (χ0v) is 24.1. The van der Waals surface area contributed by atoms with Crippen molar-refractivity contribution in [2.75, 3.05) is 5.32 Å². The molecular formula is C29H42N2O9. The van der Waals surface area contributed by atoms with Crippen molar-refractivity contribution < 1.29 is 43.3 Å². The molecule has 1 saturated heterocycles. The van der Waals surface area contributed by atoms with Gasteiger partial charge in [0, 0.05) is 0 Å². The van der Waals surface area contributed by atoms with Gasteiger partial charge in [-0.25, -0.2) is 4.79 Å². The number of anilines is 1. The Morgan fingerprint density at radius 3 is 2.38 bits per heavy atom. The summed E-state index contributed by atoms with van der Waals surface area (Å²) in [5, 5.41) is 15.2. The van der Waals surface area contributed by atoms with E-state index in [-0.39, 0.29) is 11.3 Å². The van der Waals surface area contributed by atoms with Crippen LogP contribution in [0.5, 0.6) is 5.75 Å². The molecule has 1 heterocycles. The molecule has 2 amide bonds. The van der Waals surface area contributed by atoms with Gasteiger partial charge in [-0.1, -0.05) is 53.0 Å². The van der Waals surface area contributed by atoms with E-state index in [1.165, 1.54) is 32.0 Å². The van der Waals surface area contributed by atoms with Crippen molar-refractivity contribution in [2.24, 2.45) is 17.8 Å². The smallest absolute Gasteiger partial charge is 0.332 e. The summed E-state index contributed by atoms with van der Waals surface area (Å²) in [6, 6.07) is 2.71. The zero-order valence-electron chi connectivity index (χ0n) is 24.1. The van der Waals surface area contributed by atoms with Gasteiger partial charge in [0.2, 0.25) is 6.41 Å². The number of phenols is 1. The lowest BCUT2D eigenvalue weighted by atomic mass is 9.90. The van der Waals surface area contributed by atoms with E-state index in [9.17, 15) is 29.1 Å². The number of aromatic hydroxyl groups is 1. The maximum absolute atomic E-state index is 13.5. The molecule has 0 bridgehead atoms. The number of carbonyl (C=O) groups is 5. The average molecular weight is 563 g/mol. The van der Waals surface area contributed by atoms with Crippen molar-refractivity contribution >= 4 is 35.9 Å². The van der Waals surface area contributed by atoms with Gasteiger partial charge in [0.1, 0.15) is 12.2 Å². The number of hydrogen-bond donors (Lipinski definition) is 3. The molecule has 0 radical (unpaired) electrons. The summed E-state index contributed by atoms with van der Waals surface area (Å²) in [5.74, 6) is -4.28. The van der Waals surface area contributed by atoms with Gasteiger partial charge in [-0.2, -0.15) is 0 Å². The van der Waals surface area contributed by atoms with E-state index in [4.69, 9.17) is 14.2 Å². The zero-order chi connectivity index (χ0) is 30.0. The van der Waals surface area contributed by atoms with Crippen molar-refractivity contribution in [3.63, 3.8) is 0 Å². The van der Waals surface area contributed by atoms with Gasteiger partial charge in [-0.05, 0) is 44.7 Å². The van der Waals surface area contributed by atoms with Gasteiger partial charge < -0.3 is 30.0 Å². The molecule has 1 aromatic carbocycles. The average Bonchev–Trinajstić information content (AvgIpc) is 2.94. The minimum absolute atomic E-state index is 0.000935. The quantitative estimate of drug-likeness (QED) is 0.149. The van der Waals surface area contributed by atoms with E-state index in [1.54, 1.807) is 6.92 Å². The fourth-order valence-corrected chi connectivity index (χ4v) is 4.38. The van der Waals surface area contributed by atoms with Crippen LogP contribution in [0.25, 0.3) is 0 Å². The summed E-state index contributed by atoms with van der Waals surface area (Å²) in [6.07, 6.45) is 0.517. The molecule has 0 spiro atoms. The largest absolute Gasteiger partial charge is 0.505 e. The van der Waals surface area contributed by atoms with Crippen LogP contribution in [0.1, 0.15) is 84.0 Å². The standard InChI is InChI=1S/C29H42N2O9/c1-7-16(3)11-9-13-21-25(40-27(35)17(4)8-2)19(6)39-29(37)23(18(5)38-28(21)36)31-26(34)20-12-10-14-22(24(20)33)30-15-32/h10,12,14-19,21,23,25,33H,7-9,11,13H2,1-6H3,(H,30,32)(H,31,34)/t16?,17?,18-,19+,21-,23+,25+/m1/s1. The topological polar surface area (TPSA) is 157 Å². The van der Waals surface area contributed by atoms with Crippen LogP contribution < -0.4 is 10.6 Å². The maximum atomic E-state index is 13.5. The summed E-state index contributed by atoms with van der Waals surface area (Å²) >= 11 is 0. The van der Waals surface area contributed by atoms with Crippen LogP contribution >= 0.6 is 0 Å². The molecule has 1 aromatic rings. The highest BCUT2D eigenvalue weighted by Gasteiger charge is 2.44. The van der Waals surface area contributed by atoms with E-state index < -0.39 is 65.8 Å². The van der Waals surface area contributed by atoms with Crippen molar-refractivity contribution in [1.29, 1.82) is 0 Å². The van der Waals surface area contributed by atoms with E-state index in [2.05, 4.69) is 24.5 Å². The van der Waals surface area contributed by atoms with Crippen LogP contribution in [-0.4, -0.2) is 59.7 Å². The molecule has 40 heavy (non-hydrogen) atoms. The summed E-state index contributed by atoms with van der Waals surface area (Å²) in [7, 11) is 0. The fourth-order valence-electron chi connectivity index (χ4n) is 4.38. The second-order valence-electron chi connectivity index (χ2n) is 10.5. The fraction of sp³-hybridized carbons (Fsp3) is 0.621. The number of esters is 3. The predicted octanol–water partition coefficient (Wildman–Crippen LogP) is 3.73. The number of benzene rings is 1. The Morgan fingerprint density at radius 2 is 1.75 bits per heavy atom. The van der Waals surface area contributed by atoms with Crippen molar-refractivity contribution in [3.05, 3.63) is 23.8 Å². The molecule has 1 aliphatic heterocycles. The minimum Gasteiger partial charge on any atom is -0.505 e. The molecule has 0 aliphatic carbocycles. The third kappa shape index (κ3) is 8.43. The Kier molecular flexibility index (Phi) is 12.4. The molecule has 11 nitrogen and oxygen atoms in total. The second-order valence-corrected chi connectivity index (χ2v) is 10.5. The Labute approximate surface area is 235 Å². The molecule has 3 N–H and O–H groups in total. The first kappa shape index (κ1) is 32.6. The van der Waals surface area contributed by atoms with Crippen molar-refractivity contribution in [2.45, 2.75) is 98.0 Å². The monoisotopic (exact) mass is 562 g/mol.